The number of furan rings is 1. The second-order valence-corrected chi connectivity index (χ2v) is 8.53. The number of benzene rings is 1. The second kappa shape index (κ2) is 13.2. The lowest BCUT2D eigenvalue weighted by Crippen LogP contribution is -2.44. The average Bonchev–Trinajstić information content (AvgIpc) is 3.32. The first-order valence-corrected chi connectivity index (χ1v) is 12.1. The van der Waals surface area contributed by atoms with E-state index in [1.54, 1.807) is 24.0 Å². The summed E-state index contributed by atoms with van der Waals surface area (Å²) in [5, 5.41) is 0. The van der Waals surface area contributed by atoms with E-state index in [0.717, 1.165) is 25.1 Å². The molecule has 1 atom stereocenters. The van der Waals surface area contributed by atoms with Crippen LogP contribution in [-0.2, 0) is 4.79 Å². The van der Waals surface area contributed by atoms with Crippen LogP contribution in [0.3, 0.4) is 0 Å². The second-order valence-electron chi connectivity index (χ2n) is 7.55. The summed E-state index contributed by atoms with van der Waals surface area (Å²) in [6.45, 7) is 5.91. The molecule has 30 heavy (non-hydrogen) atoms. The monoisotopic (exact) mass is 430 g/mol. The number of anilines is 1. The van der Waals surface area contributed by atoms with Crippen LogP contribution in [-0.4, -0.2) is 48.4 Å². The Morgan fingerprint density at radius 2 is 1.97 bits per heavy atom. The molecule has 2 amide bonds. The highest BCUT2D eigenvalue weighted by Crippen LogP contribution is 2.23. The molecule has 1 fully saturated rings. The van der Waals surface area contributed by atoms with Gasteiger partial charge in [0.15, 0.2) is 5.76 Å². The normalized spacial score (nSPS) is 15.8. The molecular weight excluding hydrogens is 396 g/mol. The molecule has 0 N–H and O–H groups in total. The van der Waals surface area contributed by atoms with Gasteiger partial charge < -0.3 is 14.2 Å². The molecule has 1 unspecified atom stereocenters. The molecule has 0 radical (unpaired) electrons. The van der Waals surface area contributed by atoms with Crippen molar-refractivity contribution in [3.63, 3.8) is 0 Å². The Kier molecular flexibility index (Phi) is 10.6. The minimum atomic E-state index is -0.147. The molecule has 0 saturated carbocycles. The number of rotatable bonds is 7. The van der Waals surface area contributed by atoms with Gasteiger partial charge in [0.05, 0.1) is 6.26 Å². The maximum absolute atomic E-state index is 12.8. The summed E-state index contributed by atoms with van der Waals surface area (Å²) >= 11 is 1.93. The van der Waals surface area contributed by atoms with Crippen molar-refractivity contribution in [3.8, 4) is 0 Å². The fourth-order valence-corrected chi connectivity index (χ4v) is 4.07. The molecule has 1 aromatic heterocycles. The van der Waals surface area contributed by atoms with Crippen LogP contribution in [0.5, 0.6) is 0 Å². The van der Waals surface area contributed by atoms with Crippen molar-refractivity contribution in [3.05, 3.63) is 54.5 Å². The first-order chi connectivity index (χ1) is 14.6. The number of hydrogen-bond donors (Lipinski definition) is 0. The smallest absolute Gasteiger partial charge is 0.293 e. The predicted molar refractivity (Wildman–Crippen MR) is 125 cm³/mol. The van der Waals surface area contributed by atoms with Gasteiger partial charge in [-0.2, -0.15) is 11.8 Å². The molecule has 1 aliphatic rings. The standard InChI is InChI=1S/C19H22N2O3.C5H12S/c1-15(22)20-11-5-7-16(13-20)14-21(17-8-3-2-4-9-17)19(23)18-10-6-12-24-18;1-3-4-5-6-2/h2-4,6,8-10,12,16H,5,7,11,13-14H2,1H3;3-5H2,1-2H3. The van der Waals surface area contributed by atoms with Gasteiger partial charge >= 0.3 is 0 Å². The van der Waals surface area contributed by atoms with Crippen LogP contribution in [0.1, 0.15) is 50.1 Å². The molecule has 1 aromatic carbocycles. The van der Waals surface area contributed by atoms with E-state index in [1.165, 1.54) is 24.9 Å². The average molecular weight is 431 g/mol. The van der Waals surface area contributed by atoms with Crippen molar-refractivity contribution in [2.45, 2.75) is 39.5 Å². The van der Waals surface area contributed by atoms with Gasteiger partial charge in [0.2, 0.25) is 5.91 Å². The molecule has 1 aliphatic heterocycles. The van der Waals surface area contributed by atoms with Crippen LogP contribution in [0.2, 0.25) is 0 Å². The van der Waals surface area contributed by atoms with Gasteiger partial charge in [0.1, 0.15) is 0 Å². The number of carbonyl (C=O) groups excluding carboxylic acids is 2. The highest BCUT2D eigenvalue weighted by Gasteiger charge is 2.27. The number of para-hydroxylation sites is 1. The zero-order chi connectivity index (χ0) is 21.8. The van der Waals surface area contributed by atoms with Crippen molar-refractivity contribution in [2.75, 3.05) is 36.5 Å². The highest BCUT2D eigenvalue weighted by atomic mass is 32.2. The molecule has 164 valence electrons. The SMILES string of the molecule is CC(=O)N1CCCC(CN(C(=O)c2ccco2)c2ccccc2)C1.CCCCSC. The lowest BCUT2D eigenvalue weighted by molar-refractivity contribution is -0.130. The maximum Gasteiger partial charge on any atom is 0.293 e. The van der Waals surface area contributed by atoms with Crippen molar-refractivity contribution in [1.82, 2.24) is 4.90 Å². The minimum Gasteiger partial charge on any atom is -0.459 e. The third-order valence-corrected chi connectivity index (χ3v) is 5.85. The van der Waals surface area contributed by atoms with Crippen LogP contribution < -0.4 is 4.90 Å². The minimum absolute atomic E-state index is 0.100. The first-order valence-electron chi connectivity index (χ1n) is 10.7. The van der Waals surface area contributed by atoms with Gasteiger partial charge in [-0.1, -0.05) is 31.5 Å². The molecule has 2 heterocycles. The van der Waals surface area contributed by atoms with Crippen LogP contribution in [0.4, 0.5) is 5.69 Å². The molecule has 2 aromatic rings. The van der Waals surface area contributed by atoms with Crippen LogP contribution in [0, 0.1) is 5.92 Å². The summed E-state index contributed by atoms with van der Waals surface area (Å²) in [6.07, 6.45) is 8.35. The van der Waals surface area contributed by atoms with Crippen molar-refractivity contribution in [1.29, 1.82) is 0 Å². The van der Waals surface area contributed by atoms with E-state index < -0.39 is 0 Å². The summed E-state index contributed by atoms with van der Waals surface area (Å²) in [6, 6.07) is 13.0. The Morgan fingerprint density at radius 1 is 1.20 bits per heavy atom. The van der Waals surface area contributed by atoms with E-state index in [2.05, 4.69) is 13.2 Å². The molecule has 3 rings (SSSR count). The Hall–Kier alpha value is -2.21. The number of nitrogens with zero attached hydrogens (tertiary/aromatic N) is 2. The quantitative estimate of drug-likeness (QED) is 0.557. The summed E-state index contributed by atoms with van der Waals surface area (Å²) < 4.78 is 5.29. The molecule has 0 aliphatic carbocycles. The summed E-state index contributed by atoms with van der Waals surface area (Å²) in [7, 11) is 0. The first kappa shape index (κ1) is 24.1. The van der Waals surface area contributed by atoms with Gasteiger partial charge in [-0.15, -0.1) is 0 Å². The predicted octanol–water partition coefficient (Wildman–Crippen LogP) is 5.33. The Labute approximate surface area is 184 Å². The van der Waals surface area contributed by atoms with Crippen LogP contribution in [0.25, 0.3) is 0 Å². The Balaban J connectivity index is 0.000000469. The summed E-state index contributed by atoms with van der Waals surface area (Å²) in [4.78, 5) is 28.1. The number of piperidine rings is 1. The maximum atomic E-state index is 12.8. The van der Waals surface area contributed by atoms with Crippen molar-refractivity contribution >= 4 is 29.3 Å². The Morgan fingerprint density at radius 3 is 2.53 bits per heavy atom. The lowest BCUT2D eigenvalue weighted by Gasteiger charge is -2.35. The molecule has 5 nitrogen and oxygen atoms in total. The molecular formula is C24H34N2O3S. The van der Waals surface area contributed by atoms with Gasteiger partial charge in [0, 0.05) is 32.2 Å². The topological polar surface area (TPSA) is 53.8 Å². The largest absolute Gasteiger partial charge is 0.459 e. The number of hydrogen-bond acceptors (Lipinski definition) is 4. The van der Waals surface area contributed by atoms with E-state index >= 15 is 0 Å². The fraction of sp³-hybridized carbons (Fsp3) is 0.500. The lowest BCUT2D eigenvalue weighted by atomic mass is 9.97. The zero-order valence-electron chi connectivity index (χ0n) is 18.4. The van der Waals surface area contributed by atoms with Crippen LogP contribution in [0.15, 0.2) is 53.1 Å². The van der Waals surface area contributed by atoms with Gasteiger partial charge in [-0.25, -0.2) is 0 Å². The fourth-order valence-electron chi connectivity index (χ4n) is 3.49. The number of carbonyl (C=O) groups is 2. The number of unbranched alkanes of at least 4 members (excludes halogenated alkanes) is 1. The van der Waals surface area contributed by atoms with E-state index in [9.17, 15) is 9.59 Å². The zero-order valence-corrected chi connectivity index (χ0v) is 19.2. The molecule has 0 spiro atoms. The number of likely N-dealkylation sites (tertiary alicyclic amines) is 1. The van der Waals surface area contributed by atoms with E-state index in [1.807, 2.05) is 47.0 Å². The number of thioether (sulfide) groups is 1. The summed E-state index contributed by atoms with van der Waals surface area (Å²) in [5.41, 5.74) is 0.846. The number of amides is 2. The third kappa shape index (κ3) is 7.56. The van der Waals surface area contributed by atoms with Gasteiger partial charge in [-0.05, 0) is 61.5 Å². The van der Waals surface area contributed by atoms with E-state index in [0.29, 0.717) is 18.8 Å². The highest BCUT2D eigenvalue weighted by molar-refractivity contribution is 7.98. The van der Waals surface area contributed by atoms with Gasteiger partial charge in [0.25, 0.3) is 5.91 Å². The summed E-state index contributed by atoms with van der Waals surface area (Å²) in [5.74, 6) is 1.88. The van der Waals surface area contributed by atoms with Gasteiger partial charge in [-0.3, -0.25) is 9.59 Å². The van der Waals surface area contributed by atoms with Crippen LogP contribution >= 0.6 is 11.8 Å². The van der Waals surface area contributed by atoms with Crippen molar-refractivity contribution < 1.29 is 14.0 Å². The third-order valence-electron chi connectivity index (χ3n) is 5.15. The van der Waals surface area contributed by atoms with E-state index in [-0.39, 0.29) is 17.7 Å². The molecule has 0 bridgehead atoms. The molecule has 1 saturated heterocycles. The molecule has 6 heteroatoms. The van der Waals surface area contributed by atoms with E-state index in [4.69, 9.17) is 4.42 Å². The Bertz CT molecular complexity index is 745. The van der Waals surface area contributed by atoms with Crippen molar-refractivity contribution in [2.24, 2.45) is 5.92 Å².